The van der Waals surface area contributed by atoms with Crippen molar-refractivity contribution in [3.63, 3.8) is 0 Å². The lowest BCUT2D eigenvalue weighted by Gasteiger charge is -2.44. The van der Waals surface area contributed by atoms with Gasteiger partial charge in [-0.05, 0) is 12.1 Å². The third kappa shape index (κ3) is 3.13. The summed E-state index contributed by atoms with van der Waals surface area (Å²) < 4.78 is 7.03. The molecule has 142 valence electrons. The number of fused-ring (bicyclic) bond motifs is 1. The van der Waals surface area contributed by atoms with E-state index in [0.717, 1.165) is 30.4 Å². The number of likely N-dealkylation sites (N-methyl/N-ethyl adjacent to an activating group) is 1. The number of nitrogens with zero attached hydrogens (tertiary/aromatic N) is 8. The minimum absolute atomic E-state index is 0.119. The van der Waals surface area contributed by atoms with Gasteiger partial charge in [-0.1, -0.05) is 20.8 Å². The summed E-state index contributed by atoms with van der Waals surface area (Å²) >= 11 is 0. The zero-order chi connectivity index (χ0) is 19.2. The molecule has 9 nitrogen and oxygen atoms in total. The molecule has 0 radical (unpaired) electrons. The number of aromatic nitrogens is 6. The van der Waals surface area contributed by atoms with Crippen LogP contribution in [-0.4, -0.2) is 63.1 Å². The van der Waals surface area contributed by atoms with Crippen LogP contribution in [0.25, 0.3) is 5.65 Å². The highest BCUT2D eigenvalue weighted by Crippen LogP contribution is 2.26. The van der Waals surface area contributed by atoms with Crippen LogP contribution in [0.15, 0.2) is 24.4 Å². The van der Waals surface area contributed by atoms with Crippen molar-refractivity contribution in [1.82, 2.24) is 29.8 Å². The van der Waals surface area contributed by atoms with Gasteiger partial charge in [-0.25, -0.2) is 4.98 Å². The molecular formula is C18H24N8O. The van der Waals surface area contributed by atoms with Gasteiger partial charge in [0, 0.05) is 37.8 Å². The summed E-state index contributed by atoms with van der Waals surface area (Å²) in [5, 5.41) is 13.3. The minimum atomic E-state index is -0.119. The first kappa shape index (κ1) is 17.4. The van der Waals surface area contributed by atoms with Crippen LogP contribution in [-0.2, 0) is 5.41 Å². The summed E-state index contributed by atoms with van der Waals surface area (Å²) in [5.74, 6) is 3.01. The van der Waals surface area contributed by atoms with Crippen molar-refractivity contribution in [3.8, 4) is 5.88 Å². The van der Waals surface area contributed by atoms with E-state index in [1.54, 1.807) is 19.4 Å². The monoisotopic (exact) mass is 368 g/mol. The average Bonchev–Trinajstić information content (AvgIpc) is 3.04. The molecule has 9 heteroatoms. The first-order valence-electron chi connectivity index (χ1n) is 8.94. The molecule has 3 aromatic heterocycles. The SMILES string of the molecule is COc1ccnc(N(C)C2CN(c3ccc4nnc(C(C)(C)C)n4n3)C2)n1. The molecule has 27 heavy (non-hydrogen) atoms. The van der Waals surface area contributed by atoms with Gasteiger partial charge < -0.3 is 14.5 Å². The van der Waals surface area contributed by atoms with Gasteiger partial charge in [0.2, 0.25) is 11.8 Å². The van der Waals surface area contributed by atoms with E-state index in [1.165, 1.54) is 0 Å². The van der Waals surface area contributed by atoms with E-state index in [4.69, 9.17) is 9.84 Å². The van der Waals surface area contributed by atoms with E-state index >= 15 is 0 Å². The predicted molar refractivity (Wildman–Crippen MR) is 102 cm³/mol. The van der Waals surface area contributed by atoms with Gasteiger partial charge in [0.25, 0.3) is 0 Å². The smallest absolute Gasteiger partial charge is 0.228 e. The molecule has 4 rings (SSSR count). The number of anilines is 2. The summed E-state index contributed by atoms with van der Waals surface area (Å²) in [5.41, 5.74) is 0.648. The fourth-order valence-corrected chi connectivity index (χ4v) is 3.08. The van der Waals surface area contributed by atoms with Crippen LogP contribution < -0.4 is 14.5 Å². The topological polar surface area (TPSA) is 84.6 Å². The Hall–Kier alpha value is -2.97. The Morgan fingerprint density at radius 3 is 2.63 bits per heavy atom. The summed E-state index contributed by atoms with van der Waals surface area (Å²) in [6, 6.07) is 6.02. The summed E-state index contributed by atoms with van der Waals surface area (Å²) in [7, 11) is 3.61. The number of ether oxygens (including phenoxy) is 1. The molecule has 1 saturated heterocycles. The maximum absolute atomic E-state index is 5.19. The zero-order valence-electron chi connectivity index (χ0n) is 16.3. The zero-order valence-corrected chi connectivity index (χ0v) is 16.3. The van der Waals surface area contributed by atoms with E-state index in [9.17, 15) is 0 Å². The second kappa shape index (κ2) is 6.33. The predicted octanol–water partition coefficient (Wildman–Crippen LogP) is 1.55. The van der Waals surface area contributed by atoms with E-state index in [-0.39, 0.29) is 5.41 Å². The lowest BCUT2D eigenvalue weighted by atomic mass is 9.96. The Labute approximate surface area is 158 Å². The third-order valence-corrected chi connectivity index (χ3v) is 4.80. The number of hydrogen-bond donors (Lipinski definition) is 0. The molecule has 1 aliphatic rings. The first-order chi connectivity index (χ1) is 12.9. The number of rotatable bonds is 4. The standard InChI is InChI=1S/C18H24N8O/c1-18(2,3)16-22-21-13-6-7-14(23-26(13)16)25-10-12(11-25)24(4)17-19-9-8-15(20-17)27-5/h6-9,12H,10-11H2,1-5H3. The molecule has 1 aliphatic heterocycles. The Balaban J connectivity index is 1.50. The molecule has 0 unspecified atom stereocenters. The van der Waals surface area contributed by atoms with E-state index in [0.29, 0.717) is 17.9 Å². The van der Waals surface area contributed by atoms with Crippen LogP contribution in [0, 0.1) is 0 Å². The molecule has 3 aromatic rings. The minimum Gasteiger partial charge on any atom is -0.481 e. The lowest BCUT2D eigenvalue weighted by Crippen LogP contribution is -2.59. The normalized spacial score (nSPS) is 15.1. The van der Waals surface area contributed by atoms with Crippen molar-refractivity contribution in [2.75, 3.05) is 37.0 Å². The largest absolute Gasteiger partial charge is 0.481 e. The lowest BCUT2D eigenvalue weighted by molar-refractivity contribution is 0.395. The molecular weight excluding hydrogens is 344 g/mol. The van der Waals surface area contributed by atoms with Gasteiger partial charge in [-0.15, -0.1) is 15.3 Å². The fourth-order valence-electron chi connectivity index (χ4n) is 3.08. The molecule has 1 fully saturated rings. The van der Waals surface area contributed by atoms with Gasteiger partial charge in [0.05, 0.1) is 13.2 Å². The van der Waals surface area contributed by atoms with E-state index in [1.807, 2.05) is 23.7 Å². The fraction of sp³-hybridized carbons (Fsp3) is 0.500. The molecule has 0 atom stereocenters. The number of methoxy groups -OCH3 is 1. The second-order valence-corrected chi connectivity index (χ2v) is 7.80. The van der Waals surface area contributed by atoms with Gasteiger partial charge in [-0.3, -0.25) is 0 Å². The van der Waals surface area contributed by atoms with Crippen molar-refractivity contribution in [2.45, 2.75) is 32.2 Å². The van der Waals surface area contributed by atoms with Crippen molar-refractivity contribution in [1.29, 1.82) is 0 Å². The van der Waals surface area contributed by atoms with Gasteiger partial charge >= 0.3 is 0 Å². The van der Waals surface area contributed by atoms with Gasteiger partial charge in [-0.2, -0.15) is 9.50 Å². The van der Waals surface area contributed by atoms with Crippen LogP contribution in [0.5, 0.6) is 5.88 Å². The molecule has 0 spiro atoms. The highest BCUT2D eigenvalue weighted by atomic mass is 16.5. The van der Waals surface area contributed by atoms with Crippen LogP contribution in [0.2, 0.25) is 0 Å². The van der Waals surface area contributed by atoms with Crippen LogP contribution in [0.1, 0.15) is 26.6 Å². The summed E-state index contributed by atoms with van der Waals surface area (Å²) in [4.78, 5) is 13.1. The molecule has 0 amide bonds. The van der Waals surface area contributed by atoms with Crippen molar-refractivity contribution in [2.24, 2.45) is 0 Å². The highest BCUT2D eigenvalue weighted by molar-refractivity contribution is 5.50. The average molecular weight is 368 g/mol. The summed E-state index contributed by atoms with van der Waals surface area (Å²) in [6.07, 6.45) is 1.71. The molecule has 0 saturated carbocycles. The van der Waals surface area contributed by atoms with E-state index < -0.39 is 0 Å². The maximum atomic E-state index is 5.19. The molecule has 4 heterocycles. The van der Waals surface area contributed by atoms with Crippen LogP contribution >= 0.6 is 0 Å². The van der Waals surface area contributed by atoms with Crippen molar-refractivity contribution >= 4 is 17.4 Å². The molecule has 0 aliphatic carbocycles. The third-order valence-electron chi connectivity index (χ3n) is 4.80. The van der Waals surface area contributed by atoms with Crippen molar-refractivity contribution in [3.05, 3.63) is 30.2 Å². The van der Waals surface area contributed by atoms with E-state index in [2.05, 4.69) is 50.7 Å². The molecule has 0 N–H and O–H groups in total. The molecule has 0 bridgehead atoms. The summed E-state index contributed by atoms with van der Waals surface area (Å²) in [6.45, 7) is 8.03. The quantitative estimate of drug-likeness (QED) is 0.686. The molecule has 0 aromatic carbocycles. The highest BCUT2D eigenvalue weighted by Gasteiger charge is 2.33. The van der Waals surface area contributed by atoms with Gasteiger partial charge in [0.1, 0.15) is 5.82 Å². The maximum Gasteiger partial charge on any atom is 0.228 e. The number of hydrogen-bond acceptors (Lipinski definition) is 8. The van der Waals surface area contributed by atoms with Gasteiger partial charge in [0.15, 0.2) is 11.5 Å². The van der Waals surface area contributed by atoms with Crippen LogP contribution in [0.3, 0.4) is 0 Å². The van der Waals surface area contributed by atoms with Crippen molar-refractivity contribution < 1.29 is 4.74 Å². The Bertz CT molecular complexity index is 957. The Morgan fingerprint density at radius 1 is 1.15 bits per heavy atom. The van der Waals surface area contributed by atoms with Crippen LogP contribution in [0.4, 0.5) is 11.8 Å². The Morgan fingerprint density at radius 2 is 1.93 bits per heavy atom. The Kier molecular flexibility index (Phi) is 4.09. The first-order valence-corrected chi connectivity index (χ1v) is 8.94. The second-order valence-electron chi connectivity index (χ2n) is 7.80.